The fourth-order valence-electron chi connectivity index (χ4n) is 3.25. The molecule has 2 aromatic heterocycles. The summed E-state index contributed by atoms with van der Waals surface area (Å²) in [6.07, 6.45) is 3.15. The molecule has 2 amide bonds. The van der Waals surface area contributed by atoms with Gasteiger partial charge in [-0.25, -0.2) is 4.98 Å². The number of hydrogen-bond donors (Lipinski definition) is 0. The Morgan fingerprint density at radius 3 is 2.66 bits per heavy atom. The van der Waals surface area contributed by atoms with E-state index in [0.717, 1.165) is 33.5 Å². The number of rotatable bonds is 5. The molecule has 5 rings (SSSR count). The van der Waals surface area contributed by atoms with Crippen molar-refractivity contribution in [2.75, 3.05) is 7.11 Å². The molecule has 0 atom stereocenters. The minimum Gasteiger partial charge on any atom is -0.497 e. The van der Waals surface area contributed by atoms with Crippen LogP contribution in [0.25, 0.3) is 28.4 Å². The van der Waals surface area contributed by atoms with Crippen molar-refractivity contribution in [1.29, 1.82) is 0 Å². The van der Waals surface area contributed by atoms with E-state index in [1.807, 2.05) is 48.5 Å². The molecule has 1 fully saturated rings. The number of amides is 2. The van der Waals surface area contributed by atoms with Gasteiger partial charge >= 0.3 is 0 Å². The summed E-state index contributed by atoms with van der Waals surface area (Å²) >= 11 is 0.863. The van der Waals surface area contributed by atoms with Crippen LogP contribution in [0.3, 0.4) is 0 Å². The number of imide groups is 1. The Balaban J connectivity index is 1.34. The first kappa shape index (κ1) is 20.0. The Bertz CT molecular complexity index is 1360. The van der Waals surface area contributed by atoms with Crippen LogP contribution in [0.5, 0.6) is 5.75 Å². The Kier molecular flexibility index (Phi) is 5.16. The topological polar surface area (TPSA) is 98.4 Å². The Hall–Kier alpha value is -3.98. The molecular formula is C23H16N4O4S. The number of methoxy groups -OCH3 is 1. The lowest BCUT2D eigenvalue weighted by molar-refractivity contribution is -0.123. The normalized spacial score (nSPS) is 15.2. The van der Waals surface area contributed by atoms with Crippen molar-refractivity contribution < 1.29 is 18.8 Å². The zero-order valence-electron chi connectivity index (χ0n) is 16.9. The molecule has 1 saturated heterocycles. The van der Waals surface area contributed by atoms with Crippen LogP contribution in [0.15, 0.2) is 70.2 Å². The van der Waals surface area contributed by atoms with Crippen molar-refractivity contribution in [2.24, 2.45) is 0 Å². The molecule has 0 spiro atoms. The van der Waals surface area contributed by atoms with Gasteiger partial charge in [0, 0.05) is 11.6 Å². The molecule has 32 heavy (non-hydrogen) atoms. The summed E-state index contributed by atoms with van der Waals surface area (Å²) in [7, 11) is 1.60. The molecule has 0 saturated carbocycles. The smallest absolute Gasteiger partial charge is 0.293 e. The third-order valence-corrected chi connectivity index (χ3v) is 5.79. The monoisotopic (exact) mass is 444 g/mol. The van der Waals surface area contributed by atoms with E-state index in [1.165, 1.54) is 0 Å². The number of aromatic nitrogens is 3. The average molecular weight is 444 g/mol. The van der Waals surface area contributed by atoms with Crippen LogP contribution in [0, 0.1) is 0 Å². The summed E-state index contributed by atoms with van der Waals surface area (Å²) < 4.78 is 10.5. The first-order chi connectivity index (χ1) is 15.6. The molecule has 3 heterocycles. The maximum atomic E-state index is 12.8. The van der Waals surface area contributed by atoms with E-state index in [-0.39, 0.29) is 16.7 Å². The SMILES string of the molecule is COc1ccc(-c2cc(CN3C(=O)S/C(=C\c4cnc5ccccc5n4)C3=O)on2)cc1. The molecular weight excluding hydrogens is 428 g/mol. The summed E-state index contributed by atoms with van der Waals surface area (Å²) in [5.41, 5.74) is 3.43. The van der Waals surface area contributed by atoms with Crippen molar-refractivity contribution in [2.45, 2.75) is 6.54 Å². The van der Waals surface area contributed by atoms with Crippen LogP contribution in [0.4, 0.5) is 4.79 Å². The van der Waals surface area contributed by atoms with Gasteiger partial charge in [0.15, 0.2) is 5.76 Å². The summed E-state index contributed by atoms with van der Waals surface area (Å²) in [4.78, 5) is 35.5. The van der Waals surface area contributed by atoms with Gasteiger partial charge in [-0.05, 0) is 54.2 Å². The largest absolute Gasteiger partial charge is 0.497 e. The molecule has 1 aliphatic rings. The fourth-order valence-corrected chi connectivity index (χ4v) is 4.08. The van der Waals surface area contributed by atoms with E-state index >= 15 is 0 Å². The molecule has 158 valence electrons. The Morgan fingerprint density at radius 1 is 1.09 bits per heavy atom. The van der Waals surface area contributed by atoms with Gasteiger partial charge in [-0.15, -0.1) is 0 Å². The molecule has 0 bridgehead atoms. The highest BCUT2D eigenvalue weighted by molar-refractivity contribution is 8.18. The Morgan fingerprint density at radius 2 is 1.88 bits per heavy atom. The van der Waals surface area contributed by atoms with Gasteiger partial charge in [0.1, 0.15) is 11.4 Å². The van der Waals surface area contributed by atoms with Gasteiger partial charge in [0.2, 0.25) is 0 Å². The third kappa shape index (κ3) is 3.85. The van der Waals surface area contributed by atoms with E-state index in [9.17, 15) is 9.59 Å². The second-order valence-electron chi connectivity index (χ2n) is 6.96. The highest BCUT2D eigenvalue weighted by Gasteiger charge is 2.36. The lowest BCUT2D eigenvalue weighted by atomic mass is 10.1. The summed E-state index contributed by atoms with van der Waals surface area (Å²) in [5.74, 6) is 0.736. The van der Waals surface area contributed by atoms with Crippen LogP contribution in [0.1, 0.15) is 11.5 Å². The number of carbonyl (C=O) groups is 2. The van der Waals surface area contributed by atoms with Crippen molar-refractivity contribution in [3.63, 3.8) is 0 Å². The molecule has 9 heteroatoms. The number of para-hydroxylation sites is 2. The predicted octanol–water partition coefficient (Wildman–Crippen LogP) is 4.53. The molecule has 0 N–H and O–H groups in total. The lowest BCUT2D eigenvalue weighted by Crippen LogP contribution is -2.27. The summed E-state index contributed by atoms with van der Waals surface area (Å²) in [6, 6.07) is 16.5. The van der Waals surface area contributed by atoms with Crippen LogP contribution in [-0.4, -0.2) is 38.3 Å². The van der Waals surface area contributed by atoms with Gasteiger partial charge in [-0.2, -0.15) is 0 Å². The number of hydrogen-bond acceptors (Lipinski definition) is 8. The van der Waals surface area contributed by atoms with Crippen LogP contribution in [-0.2, 0) is 11.3 Å². The minimum atomic E-state index is -0.405. The third-order valence-electron chi connectivity index (χ3n) is 4.88. The maximum absolute atomic E-state index is 12.8. The molecule has 2 aromatic carbocycles. The van der Waals surface area contributed by atoms with Gasteiger partial charge in [0.25, 0.3) is 11.1 Å². The average Bonchev–Trinajstić information content (AvgIpc) is 3.39. The molecule has 0 unspecified atom stereocenters. The lowest BCUT2D eigenvalue weighted by Gasteiger charge is -2.09. The number of fused-ring (bicyclic) bond motifs is 1. The number of ether oxygens (including phenoxy) is 1. The first-order valence-corrected chi connectivity index (χ1v) is 10.5. The second-order valence-corrected chi connectivity index (χ2v) is 7.95. The number of benzene rings is 2. The number of nitrogens with zero attached hydrogens (tertiary/aromatic N) is 4. The molecule has 4 aromatic rings. The maximum Gasteiger partial charge on any atom is 0.293 e. The van der Waals surface area contributed by atoms with E-state index in [1.54, 1.807) is 25.4 Å². The second kappa shape index (κ2) is 8.27. The van der Waals surface area contributed by atoms with Gasteiger partial charge in [-0.1, -0.05) is 17.3 Å². The summed E-state index contributed by atoms with van der Waals surface area (Å²) in [5, 5.41) is 3.67. The van der Waals surface area contributed by atoms with Crippen LogP contribution >= 0.6 is 11.8 Å². The zero-order valence-corrected chi connectivity index (χ0v) is 17.7. The summed E-state index contributed by atoms with van der Waals surface area (Å²) in [6.45, 7) is -0.00540. The van der Waals surface area contributed by atoms with Crippen molar-refractivity contribution in [3.8, 4) is 17.0 Å². The zero-order chi connectivity index (χ0) is 22.1. The van der Waals surface area contributed by atoms with E-state index < -0.39 is 5.91 Å². The molecule has 1 aliphatic heterocycles. The van der Waals surface area contributed by atoms with Crippen LogP contribution < -0.4 is 4.74 Å². The Labute approximate surface area is 186 Å². The van der Waals surface area contributed by atoms with Gasteiger partial charge in [-0.3, -0.25) is 19.5 Å². The molecule has 0 radical (unpaired) electrons. The van der Waals surface area contributed by atoms with E-state index in [2.05, 4.69) is 15.1 Å². The fraction of sp³-hybridized carbons (Fsp3) is 0.0870. The number of thioether (sulfide) groups is 1. The van der Waals surface area contributed by atoms with E-state index in [4.69, 9.17) is 9.26 Å². The predicted molar refractivity (Wildman–Crippen MR) is 120 cm³/mol. The molecule has 8 nitrogen and oxygen atoms in total. The highest BCUT2D eigenvalue weighted by atomic mass is 32.2. The van der Waals surface area contributed by atoms with Crippen molar-refractivity contribution in [1.82, 2.24) is 20.0 Å². The quantitative estimate of drug-likeness (QED) is 0.414. The minimum absolute atomic E-state index is 0.00540. The standard InChI is InChI=1S/C23H16N4O4S/c1-30-16-8-6-14(7-9-16)20-11-17(31-26-20)13-27-22(28)21(32-23(27)29)10-15-12-24-18-4-2-3-5-19(18)25-15/h2-12H,13H2,1H3/b21-10-. The first-order valence-electron chi connectivity index (χ1n) is 9.68. The van der Waals surface area contributed by atoms with Crippen molar-refractivity contribution in [3.05, 3.63) is 77.2 Å². The van der Waals surface area contributed by atoms with Crippen LogP contribution in [0.2, 0.25) is 0 Å². The van der Waals surface area contributed by atoms with E-state index in [0.29, 0.717) is 22.7 Å². The highest BCUT2D eigenvalue weighted by Crippen LogP contribution is 2.33. The van der Waals surface area contributed by atoms with Gasteiger partial charge in [0.05, 0.1) is 41.5 Å². The van der Waals surface area contributed by atoms with Crippen molar-refractivity contribution >= 4 is 40.0 Å². The van der Waals surface area contributed by atoms with Gasteiger partial charge < -0.3 is 9.26 Å². The molecule has 0 aliphatic carbocycles. The number of carbonyl (C=O) groups excluding carboxylic acids is 2.